The molecular formula is C20H16N2O4S. The van der Waals surface area contributed by atoms with Crippen molar-refractivity contribution in [1.29, 1.82) is 0 Å². The molecule has 27 heavy (non-hydrogen) atoms. The number of amides is 1. The van der Waals surface area contributed by atoms with Crippen molar-refractivity contribution in [3.63, 3.8) is 0 Å². The van der Waals surface area contributed by atoms with Crippen LogP contribution in [0.5, 0.6) is 5.75 Å². The van der Waals surface area contributed by atoms with Crippen molar-refractivity contribution in [2.45, 2.75) is 4.90 Å². The fourth-order valence-corrected chi connectivity index (χ4v) is 4.19. The van der Waals surface area contributed by atoms with Gasteiger partial charge in [0.05, 0.1) is 16.3 Å². The van der Waals surface area contributed by atoms with Gasteiger partial charge in [0.15, 0.2) is 6.61 Å². The van der Waals surface area contributed by atoms with Crippen LogP contribution < -0.4 is 14.8 Å². The molecule has 0 aromatic heterocycles. The van der Waals surface area contributed by atoms with Gasteiger partial charge in [0, 0.05) is 5.56 Å². The highest BCUT2D eigenvalue weighted by Gasteiger charge is 2.21. The number of fused-ring (bicyclic) bond motifs is 1. The summed E-state index contributed by atoms with van der Waals surface area (Å²) < 4.78 is 33.9. The van der Waals surface area contributed by atoms with E-state index >= 15 is 0 Å². The van der Waals surface area contributed by atoms with E-state index in [1.165, 1.54) is 6.07 Å². The molecule has 2 N–H and O–H groups in total. The van der Waals surface area contributed by atoms with Crippen LogP contribution in [0.15, 0.2) is 77.7 Å². The quantitative estimate of drug-likeness (QED) is 0.726. The van der Waals surface area contributed by atoms with Crippen molar-refractivity contribution in [3.05, 3.63) is 72.8 Å². The summed E-state index contributed by atoms with van der Waals surface area (Å²) in [4.78, 5) is 11.6. The van der Waals surface area contributed by atoms with Crippen LogP contribution >= 0.6 is 0 Å². The van der Waals surface area contributed by atoms with E-state index in [1.54, 1.807) is 36.4 Å². The van der Waals surface area contributed by atoms with E-state index in [4.69, 9.17) is 4.74 Å². The molecular weight excluding hydrogens is 364 g/mol. The average molecular weight is 380 g/mol. The molecule has 0 spiro atoms. The first-order valence-corrected chi connectivity index (χ1v) is 9.75. The largest absolute Gasteiger partial charge is 0.482 e. The zero-order valence-corrected chi connectivity index (χ0v) is 15.0. The van der Waals surface area contributed by atoms with Crippen LogP contribution in [0.25, 0.3) is 11.1 Å². The Hall–Kier alpha value is -3.32. The second-order valence-corrected chi connectivity index (χ2v) is 7.67. The molecule has 1 aliphatic heterocycles. The van der Waals surface area contributed by atoms with Gasteiger partial charge in [0.25, 0.3) is 15.9 Å². The van der Waals surface area contributed by atoms with Gasteiger partial charge in [-0.25, -0.2) is 8.42 Å². The molecule has 3 aromatic rings. The predicted octanol–water partition coefficient (Wildman–Crippen LogP) is 3.49. The molecule has 136 valence electrons. The summed E-state index contributed by atoms with van der Waals surface area (Å²) in [6.07, 6.45) is 0. The first kappa shape index (κ1) is 17.1. The lowest BCUT2D eigenvalue weighted by molar-refractivity contribution is -0.118. The van der Waals surface area contributed by atoms with Crippen LogP contribution in [0.4, 0.5) is 11.4 Å². The van der Waals surface area contributed by atoms with Gasteiger partial charge in [-0.15, -0.1) is 0 Å². The standard InChI is InChI=1S/C20H16N2O4S/c23-20-13-26-18-11-10-15(12-17(18)21-20)22-27(24,25)19-9-5-4-8-16(19)14-6-2-1-3-7-14/h1-12,22H,13H2,(H,21,23). The van der Waals surface area contributed by atoms with Crippen LogP contribution in [0.1, 0.15) is 0 Å². The SMILES string of the molecule is O=C1COc2ccc(NS(=O)(=O)c3ccccc3-c3ccccc3)cc2N1. The molecule has 0 aliphatic carbocycles. The molecule has 4 rings (SSSR count). The monoisotopic (exact) mass is 380 g/mol. The summed E-state index contributed by atoms with van der Waals surface area (Å²) in [5.74, 6) is 0.221. The number of rotatable bonds is 4. The number of carbonyl (C=O) groups excluding carboxylic acids is 1. The number of hydrogen-bond donors (Lipinski definition) is 2. The molecule has 0 fully saturated rings. The Bertz CT molecular complexity index is 1110. The first-order valence-electron chi connectivity index (χ1n) is 8.27. The van der Waals surface area contributed by atoms with E-state index < -0.39 is 10.0 Å². The van der Waals surface area contributed by atoms with Crippen molar-refractivity contribution >= 4 is 27.3 Å². The van der Waals surface area contributed by atoms with Gasteiger partial charge in [-0.2, -0.15) is 0 Å². The maximum atomic E-state index is 13.0. The third-order valence-electron chi connectivity index (χ3n) is 4.13. The third kappa shape index (κ3) is 3.50. The number of nitrogens with one attached hydrogen (secondary N) is 2. The lowest BCUT2D eigenvalue weighted by atomic mass is 10.1. The van der Waals surface area contributed by atoms with Crippen LogP contribution in [0, 0.1) is 0 Å². The van der Waals surface area contributed by atoms with E-state index in [-0.39, 0.29) is 17.4 Å². The fourth-order valence-electron chi connectivity index (χ4n) is 2.91. The summed E-state index contributed by atoms with van der Waals surface area (Å²) in [6, 6.07) is 20.9. The Morgan fingerprint density at radius 1 is 0.926 bits per heavy atom. The molecule has 0 radical (unpaired) electrons. The van der Waals surface area contributed by atoms with Gasteiger partial charge in [-0.3, -0.25) is 9.52 Å². The van der Waals surface area contributed by atoms with Crippen LogP contribution in [-0.4, -0.2) is 20.9 Å². The Morgan fingerprint density at radius 2 is 1.67 bits per heavy atom. The minimum atomic E-state index is -3.84. The van der Waals surface area contributed by atoms with Gasteiger partial charge in [-0.05, 0) is 29.8 Å². The van der Waals surface area contributed by atoms with Gasteiger partial charge in [0.1, 0.15) is 5.75 Å². The summed E-state index contributed by atoms with van der Waals surface area (Å²) in [6.45, 7) is -0.0531. The minimum absolute atomic E-state index is 0.0531. The maximum absolute atomic E-state index is 13.0. The molecule has 7 heteroatoms. The second-order valence-electron chi connectivity index (χ2n) is 6.02. The maximum Gasteiger partial charge on any atom is 0.262 e. The van der Waals surface area contributed by atoms with Crippen molar-refractivity contribution in [3.8, 4) is 16.9 Å². The molecule has 3 aromatic carbocycles. The highest BCUT2D eigenvalue weighted by Crippen LogP contribution is 2.33. The Kier molecular flexibility index (Phi) is 4.29. The van der Waals surface area contributed by atoms with Crippen LogP contribution in [-0.2, 0) is 14.8 Å². The molecule has 1 amide bonds. The Balaban J connectivity index is 1.70. The number of sulfonamides is 1. The number of benzene rings is 3. The van der Waals surface area contributed by atoms with Crippen LogP contribution in [0.2, 0.25) is 0 Å². The Labute approximate surface area is 156 Å². The summed E-state index contributed by atoms with van der Waals surface area (Å²) in [5.41, 5.74) is 2.19. The lowest BCUT2D eigenvalue weighted by Crippen LogP contribution is -2.25. The normalized spacial score (nSPS) is 13.3. The van der Waals surface area contributed by atoms with Crippen LogP contribution in [0.3, 0.4) is 0 Å². The topological polar surface area (TPSA) is 84.5 Å². The van der Waals surface area contributed by atoms with E-state index in [0.717, 1.165) is 5.56 Å². The van der Waals surface area contributed by atoms with E-state index in [2.05, 4.69) is 10.0 Å². The first-order chi connectivity index (χ1) is 13.0. The smallest absolute Gasteiger partial charge is 0.262 e. The lowest BCUT2D eigenvalue weighted by Gasteiger charge is -2.19. The van der Waals surface area contributed by atoms with Crippen molar-refractivity contribution < 1.29 is 17.9 Å². The molecule has 0 unspecified atom stereocenters. The van der Waals surface area contributed by atoms with Crippen molar-refractivity contribution in [2.75, 3.05) is 16.6 Å². The molecule has 0 saturated carbocycles. The van der Waals surface area contributed by atoms with Crippen molar-refractivity contribution in [1.82, 2.24) is 0 Å². The predicted molar refractivity (Wildman–Crippen MR) is 103 cm³/mol. The van der Waals surface area contributed by atoms with E-state index in [1.807, 2.05) is 30.3 Å². The van der Waals surface area contributed by atoms with Gasteiger partial charge in [-0.1, -0.05) is 48.5 Å². The zero-order valence-electron chi connectivity index (χ0n) is 14.2. The van der Waals surface area contributed by atoms with Gasteiger partial charge >= 0.3 is 0 Å². The summed E-state index contributed by atoms with van der Waals surface area (Å²) in [7, 11) is -3.84. The Morgan fingerprint density at radius 3 is 2.48 bits per heavy atom. The minimum Gasteiger partial charge on any atom is -0.482 e. The third-order valence-corrected chi connectivity index (χ3v) is 5.57. The van der Waals surface area contributed by atoms with Gasteiger partial charge in [0.2, 0.25) is 0 Å². The molecule has 6 nitrogen and oxygen atoms in total. The van der Waals surface area contributed by atoms with Crippen molar-refractivity contribution in [2.24, 2.45) is 0 Å². The molecule has 0 atom stereocenters. The number of ether oxygens (including phenoxy) is 1. The number of hydrogen-bond acceptors (Lipinski definition) is 4. The second kappa shape index (κ2) is 6.77. The van der Waals surface area contributed by atoms with E-state index in [0.29, 0.717) is 22.7 Å². The highest BCUT2D eigenvalue weighted by atomic mass is 32.2. The zero-order chi connectivity index (χ0) is 18.9. The van der Waals surface area contributed by atoms with Gasteiger partial charge < -0.3 is 10.1 Å². The average Bonchev–Trinajstić information content (AvgIpc) is 2.68. The summed E-state index contributed by atoms with van der Waals surface area (Å²) in [5, 5.41) is 2.66. The number of anilines is 2. The summed E-state index contributed by atoms with van der Waals surface area (Å²) >= 11 is 0. The molecule has 0 bridgehead atoms. The molecule has 0 saturated heterocycles. The highest BCUT2D eigenvalue weighted by molar-refractivity contribution is 7.92. The molecule has 1 heterocycles. The fraction of sp³-hybridized carbons (Fsp3) is 0.0500. The van der Waals surface area contributed by atoms with E-state index in [9.17, 15) is 13.2 Å². The number of carbonyl (C=O) groups is 1. The molecule has 1 aliphatic rings.